The predicted octanol–water partition coefficient (Wildman–Crippen LogP) is 3.28. The Morgan fingerprint density at radius 3 is 2.52 bits per heavy atom. The van der Waals surface area contributed by atoms with E-state index in [4.69, 9.17) is 9.84 Å². The topological polar surface area (TPSA) is 87.0 Å². The molecule has 2 atom stereocenters. The number of benzene rings is 2. The summed E-state index contributed by atoms with van der Waals surface area (Å²) in [5.74, 6) is -0.788. The summed E-state index contributed by atoms with van der Waals surface area (Å²) in [7, 11) is 0. The summed E-state index contributed by atoms with van der Waals surface area (Å²) in [5, 5.41) is 29.2. The van der Waals surface area contributed by atoms with Crippen LogP contribution in [0.2, 0.25) is 0 Å². The van der Waals surface area contributed by atoms with Crippen LogP contribution in [0, 0.1) is 0 Å². The Morgan fingerprint density at radius 2 is 1.87 bits per heavy atom. The highest BCUT2D eigenvalue weighted by atomic mass is 79.9. The van der Waals surface area contributed by atoms with Crippen LogP contribution >= 0.6 is 15.9 Å². The van der Waals surface area contributed by atoms with Gasteiger partial charge in [0.25, 0.3) is 0 Å². The number of phenols is 1. The monoisotopic (exact) mass is 378 g/mol. The second kappa shape index (κ2) is 7.80. The first-order valence-corrected chi connectivity index (χ1v) is 7.56. The van der Waals surface area contributed by atoms with E-state index in [0.29, 0.717) is 10.2 Å². The lowest BCUT2D eigenvalue weighted by molar-refractivity contribution is -0.131. The molecular weight excluding hydrogens is 364 g/mol. The van der Waals surface area contributed by atoms with Crippen molar-refractivity contribution >= 4 is 21.9 Å². The van der Waals surface area contributed by atoms with Crippen LogP contribution in [0.1, 0.15) is 11.7 Å². The number of carboxylic acid groups (broad SMARTS) is 1. The van der Waals surface area contributed by atoms with Crippen LogP contribution in [0.15, 0.2) is 65.2 Å². The van der Waals surface area contributed by atoms with Crippen molar-refractivity contribution in [3.63, 3.8) is 0 Å². The maximum atomic E-state index is 10.8. The average Bonchev–Trinajstić information content (AvgIpc) is 2.54. The summed E-state index contributed by atoms with van der Waals surface area (Å²) in [5.41, 5.74) is 0.232. The van der Waals surface area contributed by atoms with Gasteiger partial charge in [0.15, 0.2) is 0 Å². The number of aliphatic hydroxyl groups excluding tert-OH is 1. The van der Waals surface area contributed by atoms with Crippen molar-refractivity contribution in [1.82, 2.24) is 0 Å². The van der Waals surface area contributed by atoms with Gasteiger partial charge in [0.2, 0.25) is 0 Å². The SMILES string of the molecule is O=C(O)/C=C/[C@H](Oc1ccccc1)[C@@H](O)c1cc(Br)ccc1O. The van der Waals surface area contributed by atoms with Gasteiger partial charge in [-0.25, -0.2) is 4.79 Å². The first-order valence-electron chi connectivity index (χ1n) is 6.76. The van der Waals surface area contributed by atoms with E-state index in [1.165, 1.54) is 12.1 Å². The molecule has 0 amide bonds. The largest absolute Gasteiger partial charge is 0.508 e. The molecule has 120 valence electrons. The van der Waals surface area contributed by atoms with Crippen molar-refractivity contribution in [2.75, 3.05) is 0 Å². The normalized spacial score (nSPS) is 13.7. The molecule has 0 aliphatic heterocycles. The van der Waals surface area contributed by atoms with E-state index in [1.807, 2.05) is 6.07 Å². The molecule has 0 spiro atoms. The minimum Gasteiger partial charge on any atom is -0.508 e. The maximum absolute atomic E-state index is 10.8. The maximum Gasteiger partial charge on any atom is 0.328 e. The second-order valence-corrected chi connectivity index (χ2v) is 5.66. The van der Waals surface area contributed by atoms with Gasteiger partial charge in [-0.15, -0.1) is 0 Å². The van der Waals surface area contributed by atoms with Crippen LogP contribution in [-0.2, 0) is 4.79 Å². The van der Waals surface area contributed by atoms with E-state index in [0.717, 1.165) is 6.08 Å². The summed E-state index contributed by atoms with van der Waals surface area (Å²) >= 11 is 3.27. The van der Waals surface area contributed by atoms with Gasteiger partial charge in [-0.05, 0) is 36.4 Å². The molecular formula is C17H15BrO5. The predicted molar refractivity (Wildman–Crippen MR) is 88.4 cm³/mol. The smallest absolute Gasteiger partial charge is 0.328 e. The zero-order chi connectivity index (χ0) is 16.8. The number of ether oxygens (including phenoxy) is 1. The van der Waals surface area contributed by atoms with Crippen molar-refractivity contribution in [3.8, 4) is 11.5 Å². The van der Waals surface area contributed by atoms with Gasteiger partial charge >= 0.3 is 5.97 Å². The summed E-state index contributed by atoms with van der Waals surface area (Å²) in [6.45, 7) is 0. The highest BCUT2D eigenvalue weighted by Crippen LogP contribution is 2.31. The fraction of sp³-hybridized carbons (Fsp3) is 0.118. The molecule has 2 aromatic rings. The molecule has 0 radical (unpaired) electrons. The molecule has 6 heteroatoms. The van der Waals surface area contributed by atoms with Crippen molar-refractivity contribution in [2.45, 2.75) is 12.2 Å². The fourth-order valence-electron chi connectivity index (χ4n) is 1.98. The quantitative estimate of drug-likeness (QED) is 0.671. The molecule has 0 aliphatic carbocycles. The van der Waals surface area contributed by atoms with Crippen LogP contribution < -0.4 is 4.74 Å². The lowest BCUT2D eigenvalue weighted by Gasteiger charge is -2.22. The van der Waals surface area contributed by atoms with E-state index in [2.05, 4.69) is 15.9 Å². The van der Waals surface area contributed by atoms with Gasteiger partial charge in [-0.2, -0.15) is 0 Å². The first-order chi connectivity index (χ1) is 11.0. The van der Waals surface area contributed by atoms with Crippen molar-refractivity contribution < 1.29 is 24.9 Å². The highest BCUT2D eigenvalue weighted by Gasteiger charge is 2.23. The first kappa shape index (κ1) is 17.1. The number of hydrogen-bond acceptors (Lipinski definition) is 4. The van der Waals surface area contributed by atoms with Crippen LogP contribution in [0.3, 0.4) is 0 Å². The Labute approximate surface area is 141 Å². The highest BCUT2D eigenvalue weighted by molar-refractivity contribution is 9.10. The molecule has 0 heterocycles. The molecule has 0 unspecified atom stereocenters. The van der Waals surface area contributed by atoms with E-state index >= 15 is 0 Å². The number of aliphatic hydroxyl groups is 1. The summed E-state index contributed by atoms with van der Waals surface area (Å²) in [6, 6.07) is 13.3. The number of aromatic hydroxyl groups is 1. The zero-order valence-electron chi connectivity index (χ0n) is 12.0. The lowest BCUT2D eigenvalue weighted by atomic mass is 10.0. The Hall–Kier alpha value is -2.31. The number of carboxylic acids is 1. The number of rotatable bonds is 6. The van der Waals surface area contributed by atoms with E-state index in [9.17, 15) is 15.0 Å². The minimum atomic E-state index is -1.25. The molecule has 2 aromatic carbocycles. The molecule has 23 heavy (non-hydrogen) atoms. The van der Waals surface area contributed by atoms with Crippen LogP contribution in [0.25, 0.3) is 0 Å². The summed E-state index contributed by atoms with van der Waals surface area (Å²) in [6.07, 6.45) is -0.0938. The van der Waals surface area contributed by atoms with Crippen LogP contribution in [0.4, 0.5) is 0 Å². The second-order valence-electron chi connectivity index (χ2n) is 4.74. The average molecular weight is 379 g/mol. The Kier molecular flexibility index (Phi) is 5.78. The fourth-order valence-corrected chi connectivity index (χ4v) is 2.36. The Balaban J connectivity index is 2.32. The van der Waals surface area contributed by atoms with Crippen molar-refractivity contribution in [1.29, 1.82) is 0 Å². The molecule has 0 saturated heterocycles. The molecule has 0 saturated carbocycles. The third-order valence-electron chi connectivity index (χ3n) is 3.06. The Bertz CT molecular complexity index is 699. The molecule has 3 N–H and O–H groups in total. The molecule has 0 fully saturated rings. The molecule has 2 rings (SSSR count). The molecule has 0 bridgehead atoms. The van der Waals surface area contributed by atoms with E-state index in [1.54, 1.807) is 36.4 Å². The standard InChI is InChI=1S/C17H15BrO5/c18-11-6-7-14(19)13(10-11)17(22)15(8-9-16(20)21)23-12-4-2-1-3-5-12/h1-10,15,17,19,22H,(H,20,21)/b9-8+/t15-,17-/m0/s1. The third-order valence-corrected chi connectivity index (χ3v) is 3.56. The van der Waals surface area contributed by atoms with Gasteiger partial charge < -0.3 is 20.1 Å². The van der Waals surface area contributed by atoms with Crippen molar-refractivity contribution in [3.05, 3.63) is 70.7 Å². The number of carbonyl (C=O) groups is 1. The van der Waals surface area contributed by atoms with Gasteiger partial charge in [0.05, 0.1) is 0 Å². The lowest BCUT2D eigenvalue weighted by Crippen LogP contribution is -2.23. The van der Waals surface area contributed by atoms with Gasteiger partial charge in [-0.1, -0.05) is 34.1 Å². The van der Waals surface area contributed by atoms with Crippen LogP contribution in [-0.4, -0.2) is 27.4 Å². The minimum absolute atomic E-state index is 0.105. The molecule has 0 aromatic heterocycles. The van der Waals surface area contributed by atoms with E-state index < -0.39 is 18.2 Å². The summed E-state index contributed by atoms with van der Waals surface area (Å²) < 4.78 is 6.32. The number of halogens is 1. The number of phenolic OH excluding ortho intramolecular Hbond substituents is 1. The molecule has 0 aliphatic rings. The third kappa shape index (κ3) is 4.84. The number of para-hydroxylation sites is 1. The van der Waals surface area contributed by atoms with Gasteiger partial charge in [0.1, 0.15) is 23.7 Å². The zero-order valence-corrected chi connectivity index (χ0v) is 13.6. The Morgan fingerprint density at radius 1 is 1.17 bits per heavy atom. The van der Waals surface area contributed by atoms with Gasteiger partial charge in [0, 0.05) is 16.1 Å². The molecule has 5 nitrogen and oxygen atoms in total. The van der Waals surface area contributed by atoms with E-state index in [-0.39, 0.29) is 11.3 Å². The van der Waals surface area contributed by atoms with Gasteiger partial charge in [-0.3, -0.25) is 0 Å². The number of hydrogen-bond donors (Lipinski definition) is 3. The van der Waals surface area contributed by atoms with Crippen LogP contribution in [0.5, 0.6) is 11.5 Å². The van der Waals surface area contributed by atoms with Crippen molar-refractivity contribution in [2.24, 2.45) is 0 Å². The number of aliphatic carboxylic acids is 1. The summed E-state index contributed by atoms with van der Waals surface area (Å²) in [4.78, 5) is 10.8.